The fraction of sp³-hybridized carbons (Fsp3) is 0.280. The number of anilines is 1. The number of amides is 1. The molecule has 0 saturated heterocycles. The van der Waals surface area contributed by atoms with E-state index in [4.69, 9.17) is 9.15 Å². The van der Waals surface area contributed by atoms with Crippen LogP contribution in [0.15, 0.2) is 57.9 Å². The van der Waals surface area contributed by atoms with Gasteiger partial charge in [0.15, 0.2) is 12.4 Å². The zero-order valence-corrected chi connectivity index (χ0v) is 19.6. The van der Waals surface area contributed by atoms with Crippen molar-refractivity contribution in [1.29, 1.82) is 0 Å². The molecule has 0 aliphatic rings. The molecule has 0 aliphatic carbocycles. The Hall–Kier alpha value is -4.14. The smallest absolute Gasteiger partial charge is 0.263 e. The number of ether oxygens (including phenoxy) is 1. The van der Waals surface area contributed by atoms with Gasteiger partial charge >= 0.3 is 0 Å². The molecule has 4 rings (SSSR count). The van der Waals surface area contributed by atoms with Gasteiger partial charge in [-0.3, -0.25) is 14.6 Å². The lowest BCUT2D eigenvalue weighted by molar-refractivity contribution is -0.118. The highest BCUT2D eigenvalue weighted by Crippen LogP contribution is 2.24. The summed E-state index contributed by atoms with van der Waals surface area (Å²) in [4.78, 5) is 32.4. The molecule has 0 spiro atoms. The monoisotopic (exact) mass is 461 g/mol. The number of hydrogen-bond acceptors (Lipinski definition) is 6. The zero-order valence-electron chi connectivity index (χ0n) is 19.6. The predicted octanol–water partition coefficient (Wildman–Crippen LogP) is 4.23. The molecule has 2 N–H and O–H groups in total. The van der Waals surface area contributed by atoms with Crippen molar-refractivity contribution in [2.24, 2.45) is 0 Å². The molecular formula is C25H27N5O4. The highest BCUT2D eigenvalue weighted by atomic mass is 16.5. The molecule has 176 valence electrons. The number of hydrogen-bond donors (Lipinski definition) is 2. The minimum Gasteiger partial charge on any atom is -0.484 e. The lowest BCUT2D eigenvalue weighted by Crippen LogP contribution is -2.24. The molecule has 3 aromatic heterocycles. The fourth-order valence-corrected chi connectivity index (χ4v) is 3.57. The van der Waals surface area contributed by atoms with Gasteiger partial charge in [-0.15, -0.1) is 0 Å². The van der Waals surface area contributed by atoms with Gasteiger partial charge in [-0.2, -0.15) is 9.78 Å². The number of carbonyl (C=O) groups is 1. The molecule has 9 nitrogen and oxygen atoms in total. The summed E-state index contributed by atoms with van der Waals surface area (Å²) in [5, 5.41) is 7.28. The second kappa shape index (κ2) is 9.78. The molecule has 1 aromatic carbocycles. The molecular weight excluding hydrogens is 434 g/mol. The summed E-state index contributed by atoms with van der Waals surface area (Å²) in [6.07, 6.45) is 2.09. The van der Waals surface area contributed by atoms with E-state index in [9.17, 15) is 9.59 Å². The van der Waals surface area contributed by atoms with Crippen LogP contribution in [0.5, 0.6) is 5.75 Å². The summed E-state index contributed by atoms with van der Waals surface area (Å²) in [5.41, 5.74) is 2.62. The van der Waals surface area contributed by atoms with Gasteiger partial charge in [-0.1, -0.05) is 32.9 Å². The lowest BCUT2D eigenvalue weighted by Gasteiger charge is -2.11. The third kappa shape index (κ3) is 4.93. The number of rotatable bonds is 8. The van der Waals surface area contributed by atoms with E-state index < -0.39 is 0 Å². The van der Waals surface area contributed by atoms with Crippen LogP contribution in [-0.4, -0.2) is 32.3 Å². The average Bonchev–Trinajstić information content (AvgIpc) is 3.48. The molecule has 0 unspecified atom stereocenters. The Morgan fingerprint density at radius 3 is 2.62 bits per heavy atom. The molecule has 34 heavy (non-hydrogen) atoms. The van der Waals surface area contributed by atoms with Gasteiger partial charge in [-0.05, 0) is 49.1 Å². The normalized spacial score (nSPS) is 11.1. The van der Waals surface area contributed by atoms with Crippen molar-refractivity contribution < 1.29 is 13.9 Å². The van der Waals surface area contributed by atoms with E-state index in [1.165, 1.54) is 16.5 Å². The van der Waals surface area contributed by atoms with Gasteiger partial charge in [0.05, 0.1) is 6.26 Å². The van der Waals surface area contributed by atoms with Crippen molar-refractivity contribution in [2.75, 3.05) is 11.9 Å². The Morgan fingerprint density at radius 1 is 1.24 bits per heavy atom. The molecule has 0 fully saturated rings. The first kappa shape index (κ1) is 23.0. The van der Waals surface area contributed by atoms with Crippen LogP contribution in [-0.2, 0) is 11.2 Å². The number of H-pyrrole nitrogens is 1. The molecule has 4 aromatic rings. The van der Waals surface area contributed by atoms with Crippen molar-refractivity contribution in [3.05, 3.63) is 75.9 Å². The van der Waals surface area contributed by atoms with Crippen molar-refractivity contribution in [1.82, 2.24) is 19.7 Å². The van der Waals surface area contributed by atoms with Gasteiger partial charge in [-0.25, -0.2) is 4.98 Å². The standard InChI is InChI=1S/C25H27N5O4/c1-5-19-16(4)26-25(28-24(19)32)30-22(13-20(29-30)21-7-6-12-33-21)27-23(31)14-34-18-10-8-17(9-11-18)15(2)3/h6-13,15H,5,14H2,1-4H3,(H,27,31)(H,26,28,32). The van der Waals surface area contributed by atoms with Crippen LogP contribution in [0.1, 0.15) is 43.5 Å². The number of benzene rings is 1. The average molecular weight is 462 g/mol. The van der Waals surface area contributed by atoms with E-state index in [-0.39, 0.29) is 24.0 Å². The third-order valence-electron chi connectivity index (χ3n) is 5.43. The molecule has 0 radical (unpaired) electrons. The summed E-state index contributed by atoms with van der Waals surface area (Å²) in [5.74, 6) is 1.65. The molecule has 0 bridgehead atoms. The quantitative estimate of drug-likeness (QED) is 0.406. The Kier molecular flexibility index (Phi) is 6.62. The van der Waals surface area contributed by atoms with Gasteiger partial charge in [0.25, 0.3) is 11.5 Å². The van der Waals surface area contributed by atoms with E-state index in [1.54, 1.807) is 25.1 Å². The summed E-state index contributed by atoms with van der Waals surface area (Å²) in [6.45, 7) is 7.70. The number of furan rings is 1. The second-order valence-corrected chi connectivity index (χ2v) is 8.17. The van der Waals surface area contributed by atoms with Gasteiger partial charge in [0, 0.05) is 17.3 Å². The molecule has 3 heterocycles. The maximum atomic E-state index is 12.7. The van der Waals surface area contributed by atoms with E-state index in [0.29, 0.717) is 46.6 Å². The number of nitrogens with zero attached hydrogens (tertiary/aromatic N) is 3. The van der Waals surface area contributed by atoms with Crippen LogP contribution in [0.4, 0.5) is 5.82 Å². The summed E-state index contributed by atoms with van der Waals surface area (Å²) in [6, 6.07) is 12.8. The van der Waals surface area contributed by atoms with E-state index >= 15 is 0 Å². The predicted molar refractivity (Wildman–Crippen MR) is 128 cm³/mol. The van der Waals surface area contributed by atoms with Gasteiger partial charge < -0.3 is 14.5 Å². The molecule has 0 aliphatic heterocycles. The van der Waals surface area contributed by atoms with Crippen molar-refractivity contribution in [2.45, 2.75) is 40.0 Å². The molecule has 0 atom stereocenters. The number of aromatic nitrogens is 4. The SMILES string of the molecule is CCc1c(C)nc(-n2nc(-c3ccco3)cc2NC(=O)COc2ccc(C(C)C)cc2)[nH]c1=O. The lowest BCUT2D eigenvalue weighted by atomic mass is 10.0. The highest BCUT2D eigenvalue weighted by molar-refractivity contribution is 5.91. The van der Waals surface area contributed by atoms with Crippen molar-refractivity contribution in [3.63, 3.8) is 0 Å². The van der Waals surface area contributed by atoms with Crippen LogP contribution in [0.25, 0.3) is 17.4 Å². The van der Waals surface area contributed by atoms with Gasteiger partial charge in [0.2, 0.25) is 5.95 Å². The van der Waals surface area contributed by atoms with Crippen molar-refractivity contribution in [3.8, 4) is 23.2 Å². The summed E-state index contributed by atoms with van der Waals surface area (Å²) < 4.78 is 12.4. The Labute approximate surface area is 196 Å². The molecule has 1 amide bonds. The number of aryl methyl sites for hydroxylation is 1. The van der Waals surface area contributed by atoms with Crippen LogP contribution in [0.2, 0.25) is 0 Å². The van der Waals surface area contributed by atoms with E-state index in [1.807, 2.05) is 31.2 Å². The highest BCUT2D eigenvalue weighted by Gasteiger charge is 2.18. The zero-order chi connectivity index (χ0) is 24.2. The van der Waals surface area contributed by atoms with Crippen molar-refractivity contribution >= 4 is 11.7 Å². The minimum absolute atomic E-state index is 0.193. The van der Waals surface area contributed by atoms with Crippen LogP contribution in [0.3, 0.4) is 0 Å². The van der Waals surface area contributed by atoms with Crippen LogP contribution < -0.4 is 15.6 Å². The fourth-order valence-electron chi connectivity index (χ4n) is 3.57. The first-order valence-corrected chi connectivity index (χ1v) is 11.1. The topological polar surface area (TPSA) is 115 Å². The first-order valence-electron chi connectivity index (χ1n) is 11.1. The number of nitrogens with one attached hydrogen (secondary N) is 2. The Balaban J connectivity index is 1.58. The Bertz CT molecular complexity index is 1330. The molecule has 0 saturated carbocycles. The number of carbonyl (C=O) groups excluding carboxylic acids is 1. The second-order valence-electron chi connectivity index (χ2n) is 8.17. The first-order chi connectivity index (χ1) is 16.4. The maximum Gasteiger partial charge on any atom is 0.263 e. The third-order valence-corrected chi connectivity index (χ3v) is 5.43. The van der Waals surface area contributed by atoms with E-state index in [0.717, 1.165) is 0 Å². The van der Waals surface area contributed by atoms with E-state index in [2.05, 4.69) is 34.2 Å². The largest absolute Gasteiger partial charge is 0.484 e. The summed E-state index contributed by atoms with van der Waals surface area (Å²) >= 11 is 0. The van der Waals surface area contributed by atoms with Crippen LogP contribution in [0, 0.1) is 6.92 Å². The summed E-state index contributed by atoms with van der Waals surface area (Å²) in [7, 11) is 0. The Morgan fingerprint density at radius 2 is 2.00 bits per heavy atom. The maximum absolute atomic E-state index is 12.7. The van der Waals surface area contributed by atoms with Gasteiger partial charge in [0.1, 0.15) is 17.3 Å². The number of aromatic amines is 1. The minimum atomic E-state index is -0.385. The van der Waals surface area contributed by atoms with Crippen LogP contribution >= 0.6 is 0 Å². The molecule has 9 heteroatoms.